The summed E-state index contributed by atoms with van der Waals surface area (Å²) in [5.41, 5.74) is 0. The van der Waals surface area contributed by atoms with Crippen molar-refractivity contribution in [1.82, 2.24) is 4.90 Å². The molecule has 0 saturated carbocycles. The third-order valence-corrected chi connectivity index (χ3v) is 3.66. The van der Waals surface area contributed by atoms with Crippen LogP contribution in [0.5, 0.6) is 0 Å². The Bertz CT molecular complexity index is 204. The lowest BCUT2D eigenvalue weighted by Crippen LogP contribution is -2.32. The van der Waals surface area contributed by atoms with Gasteiger partial charge in [-0.1, -0.05) is 0 Å². The van der Waals surface area contributed by atoms with Gasteiger partial charge in [0.15, 0.2) is 0 Å². The molecule has 5 heteroatoms. The van der Waals surface area contributed by atoms with Crippen molar-refractivity contribution in [2.24, 2.45) is 0 Å². The number of thioether (sulfide) groups is 1. The lowest BCUT2D eigenvalue weighted by molar-refractivity contribution is -0.137. The van der Waals surface area contributed by atoms with Crippen molar-refractivity contribution in [3.05, 3.63) is 0 Å². The molecule has 1 heterocycles. The number of nitrogens with zero attached hydrogens (tertiary/aromatic N) is 1. The summed E-state index contributed by atoms with van der Waals surface area (Å²) in [4.78, 5) is 12.9. The summed E-state index contributed by atoms with van der Waals surface area (Å²) in [6, 6.07) is 0.741. The van der Waals surface area contributed by atoms with Crippen LogP contribution in [0.2, 0.25) is 0 Å². The van der Waals surface area contributed by atoms with Gasteiger partial charge in [-0.2, -0.15) is 11.8 Å². The molecule has 1 saturated heterocycles. The van der Waals surface area contributed by atoms with Gasteiger partial charge in [-0.3, -0.25) is 9.69 Å². The zero-order valence-corrected chi connectivity index (χ0v) is 11.5. The van der Waals surface area contributed by atoms with Gasteiger partial charge in [0.1, 0.15) is 0 Å². The summed E-state index contributed by atoms with van der Waals surface area (Å²) < 4.78 is 0. The van der Waals surface area contributed by atoms with E-state index in [1.165, 1.54) is 25.1 Å². The van der Waals surface area contributed by atoms with Gasteiger partial charge in [0.2, 0.25) is 0 Å². The lowest BCUT2D eigenvalue weighted by Gasteiger charge is -2.23. The molecule has 0 spiro atoms. The monoisotopic (exact) mass is 267 g/mol. The number of unbranched alkanes of at least 4 members (excludes halogenated alkanes) is 1. The highest BCUT2D eigenvalue weighted by Gasteiger charge is 2.22. The summed E-state index contributed by atoms with van der Waals surface area (Å²) in [7, 11) is 0. The number of likely N-dealkylation sites (tertiary alicyclic amines) is 1. The van der Waals surface area contributed by atoms with E-state index in [4.69, 9.17) is 5.11 Å². The fraction of sp³-hybridized carbons (Fsp3) is 0.909. The van der Waals surface area contributed by atoms with Crippen LogP contribution >= 0.6 is 24.2 Å². The van der Waals surface area contributed by atoms with Crippen LogP contribution < -0.4 is 0 Å². The highest BCUT2D eigenvalue weighted by molar-refractivity contribution is 7.98. The molecule has 0 aromatic carbocycles. The molecule has 3 nitrogen and oxygen atoms in total. The van der Waals surface area contributed by atoms with E-state index in [2.05, 4.69) is 11.2 Å². The fourth-order valence-corrected chi connectivity index (χ4v) is 2.92. The second-order valence-electron chi connectivity index (χ2n) is 4.14. The van der Waals surface area contributed by atoms with Gasteiger partial charge < -0.3 is 5.11 Å². The number of carboxylic acids is 1. The average Bonchev–Trinajstić information content (AvgIpc) is 2.61. The van der Waals surface area contributed by atoms with E-state index in [9.17, 15) is 4.79 Å². The Morgan fingerprint density at radius 2 is 2.25 bits per heavy atom. The number of carbonyl (C=O) groups is 1. The first-order chi connectivity index (χ1) is 7.24. The quantitative estimate of drug-likeness (QED) is 0.720. The molecule has 0 radical (unpaired) electrons. The van der Waals surface area contributed by atoms with E-state index in [0.717, 1.165) is 25.4 Å². The van der Waals surface area contributed by atoms with Gasteiger partial charge >= 0.3 is 5.97 Å². The first kappa shape index (κ1) is 16.1. The molecule has 0 amide bonds. The Labute approximate surface area is 108 Å². The van der Waals surface area contributed by atoms with Crippen molar-refractivity contribution >= 4 is 30.1 Å². The predicted molar refractivity (Wildman–Crippen MR) is 71.7 cm³/mol. The molecular formula is C11H22ClNO2S. The zero-order valence-electron chi connectivity index (χ0n) is 9.85. The molecule has 1 unspecified atom stereocenters. The van der Waals surface area contributed by atoms with Crippen LogP contribution in [-0.2, 0) is 4.79 Å². The van der Waals surface area contributed by atoms with Crippen LogP contribution in [0.3, 0.4) is 0 Å². The average molecular weight is 268 g/mol. The smallest absolute Gasteiger partial charge is 0.303 e. The lowest BCUT2D eigenvalue weighted by atomic mass is 10.2. The van der Waals surface area contributed by atoms with E-state index in [-0.39, 0.29) is 12.4 Å². The largest absolute Gasteiger partial charge is 0.481 e. The standard InChI is InChI=1S/C11H21NO2S.ClH/c1-15-9-10-5-4-8-12(10)7-3-2-6-11(13)14;/h10H,2-9H2,1H3,(H,13,14);1H. The predicted octanol–water partition coefficient (Wildman–Crippen LogP) is 2.49. The summed E-state index contributed by atoms with van der Waals surface area (Å²) >= 11 is 1.91. The molecule has 1 atom stereocenters. The number of aliphatic carboxylic acids is 1. The third-order valence-electron chi connectivity index (χ3n) is 2.94. The Hall–Kier alpha value is 0.0700. The Balaban J connectivity index is 0.00000225. The van der Waals surface area contributed by atoms with Crippen LogP contribution in [0.4, 0.5) is 0 Å². The zero-order chi connectivity index (χ0) is 11.1. The summed E-state index contributed by atoms with van der Waals surface area (Å²) in [5.74, 6) is 0.552. The van der Waals surface area contributed by atoms with Crippen molar-refractivity contribution in [3.8, 4) is 0 Å². The second-order valence-corrected chi connectivity index (χ2v) is 5.05. The van der Waals surface area contributed by atoms with Crippen molar-refractivity contribution in [1.29, 1.82) is 0 Å². The van der Waals surface area contributed by atoms with Gasteiger partial charge in [0.05, 0.1) is 0 Å². The molecule has 0 aromatic heterocycles. The van der Waals surface area contributed by atoms with E-state index in [1.807, 2.05) is 11.8 Å². The summed E-state index contributed by atoms with van der Waals surface area (Å²) in [6.45, 7) is 2.29. The molecule has 0 bridgehead atoms. The van der Waals surface area contributed by atoms with Crippen LogP contribution in [-0.4, -0.2) is 47.1 Å². The van der Waals surface area contributed by atoms with Gasteiger partial charge in [-0.05, 0) is 45.0 Å². The minimum atomic E-state index is -0.669. The van der Waals surface area contributed by atoms with Crippen LogP contribution in [0.25, 0.3) is 0 Å². The highest BCUT2D eigenvalue weighted by Crippen LogP contribution is 2.20. The summed E-state index contributed by atoms with van der Waals surface area (Å²) in [5, 5.41) is 8.52. The second kappa shape index (κ2) is 9.14. The molecule has 1 N–H and O–H groups in total. The van der Waals surface area contributed by atoms with Crippen molar-refractivity contribution in [2.45, 2.75) is 38.1 Å². The SMILES string of the molecule is CSCC1CCCN1CCCCC(=O)O.Cl. The normalized spacial score (nSPS) is 20.7. The van der Waals surface area contributed by atoms with Gasteiger partial charge in [0, 0.05) is 18.2 Å². The minimum absolute atomic E-state index is 0. The highest BCUT2D eigenvalue weighted by atomic mass is 35.5. The van der Waals surface area contributed by atoms with Crippen LogP contribution in [0, 0.1) is 0 Å². The fourth-order valence-electron chi connectivity index (χ4n) is 2.16. The van der Waals surface area contributed by atoms with E-state index >= 15 is 0 Å². The molecule has 16 heavy (non-hydrogen) atoms. The molecular weight excluding hydrogens is 246 g/mol. The van der Waals surface area contributed by atoms with Crippen molar-refractivity contribution in [3.63, 3.8) is 0 Å². The molecule has 1 aliphatic rings. The third kappa shape index (κ3) is 5.97. The molecule has 0 aliphatic carbocycles. The van der Waals surface area contributed by atoms with E-state index < -0.39 is 5.97 Å². The number of rotatable bonds is 7. The van der Waals surface area contributed by atoms with Gasteiger partial charge in [-0.15, -0.1) is 12.4 Å². The van der Waals surface area contributed by atoms with Crippen LogP contribution in [0.1, 0.15) is 32.1 Å². The molecule has 1 rings (SSSR count). The Morgan fingerprint density at radius 1 is 1.50 bits per heavy atom. The maximum atomic E-state index is 10.3. The van der Waals surface area contributed by atoms with Crippen LogP contribution in [0.15, 0.2) is 0 Å². The number of hydrogen-bond donors (Lipinski definition) is 1. The Morgan fingerprint density at radius 3 is 2.88 bits per heavy atom. The van der Waals surface area contributed by atoms with Gasteiger partial charge in [-0.25, -0.2) is 0 Å². The number of hydrogen-bond acceptors (Lipinski definition) is 3. The topological polar surface area (TPSA) is 40.5 Å². The van der Waals surface area contributed by atoms with Gasteiger partial charge in [0.25, 0.3) is 0 Å². The van der Waals surface area contributed by atoms with E-state index in [0.29, 0.717) is 6.42 Å². The maximum Gasteiger partial charge on any atom is 0.303 e. The van der Waals surface area contributed by atoms with E-state index in [1.54, 1.807) is 0 Å². The minimum Gasteiger partial charge on any atom is -0.481 e. The molecule has 96 valence electrons. The van der Waals surface area contributed by atoms with Crippen molar-refractivity contribution < 1.29 is 9.90 Å². The molecule has 1 aliphatic heterocycles. The number of carboxylic acid groups (broad SMARTS) is 1. The Kier molecular flexibility index (Phi) is 9.18. The summed E-state index contributed by atoms with van der Waals surface area (Å²) in [6.07, 6.45) is 6.95. The maximum absolute atomic E-state index is 10.3. The first-order valence-corrected chi connectivity index (χ1v) is 7.08. The molecule has 0 aromatic rings. The van der Waals surface area contributed by atoms with Crippen molar-refractivity contribution in [2.75, 3.05) is 25.1 Å². The first-order valence-electron chi connectivity index (χ1n) is 5.69. The molecule has 1 fully saturated rings. The number of halogens is 1.